The molecule has 0 spiro atoms. The molecule has 21 heavy (non-hydrogen) atoms. The van der Waals surface area contributed by atoms with Crippen LogP contribution >= 0.6 is 0 Å². The van der Waals surface area contributed by atoms with Crippen LogP contribution in [0.15, 0.2) is 29.2 Å². The number of rotatable bonds is 4. The molecular weight excluding hydrogens is 294 g/mol. The predicted octanol–water partition coefficient (Wildman–Crippen LogP) is 0.454. The number of primary sulfonamides is 1. The zero-order valence-corrected chi connectivity index (χ0v) is 12.1. The molecule has 9 heteroatoms. The molecule has 0 aliphatic heterocycles. The lowest BCUT2D eigenvalue weighted by Gasteiger charge is -2.05. The van der Waals surface area contributed by atoms with Crippen molar-refractivity contribution >= 4 is 27.3 Å². The van der Waals surface area contributed by atoms with Crippen molar-refractivity contribution < 1.29 is 13.2 Å². The van der Waals surface area contributed by atoms with Crippen molar-refractivity contribution in [1.29, 1.82) is 0 Å². The van der Waals surface area contributed by atoms with Gasteiger partial charge in [-0.25, -0.2) is 13.6 Å². The van der Waals surface area contributed by atoms with Crippen molar-refractivity contribution in [2.45, 2.75) is 18.2 Å². The third-order valence-electron chi connectivity index (χ3n) is 2.87. The van der Waals surface area contributed by atoms with Gasteiger partial charge < -0.3 is 11.1 Å². The number of sulfonamides is 1. The van der Waals surface area contributed by atoms with Gasteiger partial charge in [0.25, 0.3) is 5.91 Å². The van der Waals surface area contributed by atoms with Crippen LogP contribution in [0.5, 0.6) is 0 Å². The maximum absolute atomic E-state index is 12.1. The SMILES string of the molecule is CCc1[nH]nc(C(=O)Nc2cccc(S(N)(=O)=O)c2)c1N. The van der Waals surface area contributed by atoms with Crippen LogP contribution in [0, 0.1) is 0 Å². The lowest BCUT2D eigenvalue weighted by Crippen LogP contribution is -2.16. The Morgan fingerprint density at radius 2 is 2.14 bits per heavy atom. The second kappa shape index (κ2) is 5.54. The Morgan fingerprint density at radius 1 is 1.43 bits per heavy atom. The van der Waals surface area contributed by atoms with Gasteiger partial charge in [0.1, 0.15) is 0 Å². The molecule has 1 aromatic heterocycles. The van der Waals surface area contributed by atoms with E-state index in [1.807, 2.05) is 6.92 Å². The summed E-state index contributed by atoms with van der Waals surface area (Å²) in [4.78, 5) is 12.0. The summed E-state index contributed by atoms with van der Waals surface area (Å²) in [5.41, 5.74) is 7.08. The topological polar surface area (TPSA) is 144 Å². The van der Waals surface area contributed by atoms with Crippen LogP contribution in [-0.4, -0.2) is 24.5 Å². The monoisotopic (exact) mass is 309 g/mol. The van der Waals surface area contributed by atoms with Crippen LogP contribution in [0.2, 0.25) is 0 Å². The number of aryl methyl sites for hydroxylation is 1. The Labute approximate surface area is 121 Å². The second-order valence-electron chi connectivity index (χ2n) is 4.34. The Bertz CT molecular complexity index is 782. The summed E-state index contributed by atoms with van der Waals surface area (Å²) in [5.74, 6) is -0.532. The molecule has 1 aromatic carbocycles. The number of nitrogens with two attached hydrogens (primary N) is 2. The van der Waals surface area contributed by atoms with Crippen LogP contribution in [0.4, 0.5) is 11.4 Å². The minimum absolute atomic E-state index is 0.0628. The van der Waals surface area contributed by atoms with Crippen LogP contribution in [0.25, 0.3) is 0 Å². The Hall–Kier alpha value is -2.39. The number of carbonyl (C=O) groups excluding carboxylic acids is 1. The largest absolute Gasteiger partial charge is 0.395 e. The first kappa shape index (κ1) is 15.0. The molecule has 2 rings (SSSR count). The van der Waals surface area contributed by atoms with Crippen molar-refractivity contribution in [3.8, 4) is 0 Å². The van der Waals surface area contributed by atoms with E-state index in [1.165, 1.54) is 24.3 Å². The standard InChI is InChI=1S/C12H15N5O3S/c1-2-9-10(13)11(17-16-9)12(18)15-7-4-3-5-8(6-7)21(14,19)20/h3-6H,2,13H2,1H3,(H,15,18)(H,16,17)(H2,14,19,20). The van der Waals surface area contributed by atoms with Crippen molar-refractivity contribution in [3.63, 3.8) is 0 Å². The van der Waals surface area contributed by atoms with E-state index >= 15 is 0 Å². The van der Waals surface area contributed by atoms with Crippen LogP contribution in [0.1, 0.15) is 23.1 Å². The van der Waals surface area contributed by atoms with E-state index in [0.29, 0.717) is 12.1 Å². The molecular formula is C12H15N5O3S. The Balaban J connectivity index is 2.26. The van der Waals surface area contributed by atoms with Gasteiger partial charge in [0.15, 0.2) is 5.69 Å². The van der Waals surface area contributed by atoms with E-state index in [2.05, 4.69) is 15.5 Å². The van der Waals surface area contributed by atoms with Gasteiger partial charge in [0, 0.05) is 5.69 Å². The lowest BCUT2D eigenvalue weighted by atomic mass is 10.2. The summed E-state index contributed by atoms with van der Waals surface area (Å²) in [6.07, 6.45) is 0.618. The summed E-state index contributed by atoms with van der Waals surface area (Å²) < 4.78 is 22.5. The number of hydrogen-bond acceptors (Lipinski definition) is 5. The molecule has 0 fully saturated rings. The number of nitrogens with zero attached hydrogens (tertiary/aromatic N) is 1. The summed E-state index contributed by atoms with van der Waals surface area (Å²) in [6, 6.07) is 5.61. The normalized spacial score (nSPS) is 11.3. The number of anilines is 2. The molecule has 0 aliphatic carbocycles. The fraction of sp³-hybridized carbons (Fsp3) is 0.167. The van der Waals surface area contributed by atoms with E-state index in [9.17, 15) is 13.2 Å². The highest BCUT2D eigenvalue weighted by molar-refractivity contribution is 7.89. The highest BCUT2D eigenvalue weighted by atomic mass is 32.2. The van der Waals surface area contributed by atoms with Crippen molar-refractivity contribution in [3.05, 3.63) is 35.7 Å². The number of hydrogen-bond donors (Lipinski definition) is 4. The first-order valence-corrected chi connectivity index (χ1v) is 7.64. The molecule has 2 aromatic rings. The van der Waals surface area contributed by atoms with Crippen molar-refractivity contribution in [2.75, 3.05) is 11.1 Å². The molecule has 0 unspecified atom stereocenters. The molecule has 0 saturated carbocycles. The number of aromatic nitrogens is 2. The summed E-state index contributed by atoms with van der Waals surface area (Å²) in [7, 11) is -3.83. The highest BCUT2D eigenvalue weighted by Gasteiger charge is 2.17. The Kier molecular flexibility index (Phi) is 3.96. The van der Waals surface area contributed by atoms with E-state index in [1.54, 1.807) is 0 Å². The summed E-state index contributed by atoms with van der Waals surface area (Å²) in [5, 5.41) is 14.1. The molecule has 1 amide bonds. The Morgan fingerprint density at radius 3 is 2.71 bits per heavy atom. The van der Waals surface area contributed by atoms with E-state index in [4.69, 9.17) is 10.9 Å². The van der Waals surface area contributed by atoms with E-state index < -0.39 is 15.9 Å². The first-order valence-electron chi connectivity index (χ1n) is 6.10. The van der Waals surface area contributed by atoms with Gasteiger partial charge in [-0.2, -0.15) is 5.10 Å². The van der Waals surface area contributed by atoms with E-state index in [-0.39, 0.29) is 22.0 Å². The molecule has 0 radical (unpaired) electrons. The number of nitrogen functional groups attached to an aromatic ring is 1. The molecule has 8 nitrogen and oxygen atoms in total. The van der Waals surface area contributed by atoms with Gasteiger partial charge in [-0.1, -0.05) is 13.0 Å². The smallest absolute Gasteiger partial charge is 0.278 e. The molecule has 0 saturated heterocycles. The van der Waals surface area contributed by atoms with Crippen LogP contribution < -0.4 is 16.2 Å². The average Bonchev–Trinajstić information content (AvgIpc) is 2.79. The summed E-state index contributed by atoms with van der Waals surface area (Å²) in [6.45, 7) is 1.88. The minimum atomic E-state index is -3.83. The molecule has 1 heterocycles. The van der Waals surface area contributed by atoms with Gasteiger partial charge in [0.2, 0.25) is 10.0 Å². The minimum Gasteiger partial charge on any atom is -0.395 e. The molecule has 112 valence electrons. The fourth-order valence-corrected chi connectivity index (χ4v) is 2.33. The van der Waals surface area contributed by atoms with Crippen LogP contribution in [0.3, 0.4) is 0 Å². The first-order chi connectivity index (χ1) is 9.82. The molecule has 6 N–H and O–H groups in total. The lowest BCUT2D eigenvalue weighted by molar-refractivity contribution is 0.102. The average molecular weight is 309 g/mol. The highest BCUT2D eigenvalue weighted by Crippen LogP contribution is 2.18. The third-order valence-corrected chi connectivity index (χ3v) is 3.78. The van der Waals surface area contributed by atoms with Gasteiger partial charge in [-0.15, -0.1) is 0 Å². The third kappa shape index (κ3) is 3.20. The van der Waals surface area contributed by atoms with Gasteiger partial charge in [0.05, 0.1) is 16.3 Å². The van der Waals surface area contributed by atoms with Gasteiger partial charge in [-0.3, -0.25) is 9.89 Å². The molecule has 0 bridgehead atoms. The van der Waals surface area contributed by atoms with Crippen molar-refractivity contribution in [2.24, 2.45) is 5.14 Å². The van der Waals surface area contributed by atoms with Crippen LogP contribution in [-0.2, 0) is 16.4 Å². The van der Waals surface area contributed by atoms with Crippen molar-refractivity contribution in [1.82, 2.24) is 10.2 Å². The number of aromatic amines is 1. The number of benzene rings is 1. The predicted molar refractivity (Wildman–Crippen MR) is 78.1 cm³/mol. The number of nitrogens with one attached hydrogen (secondary N) is 2. The zero-order valence-electron chi connectivity index (χ0n) is 11.3. The fourth-order valence-electron chi connectivity index (χ4n) is 1.77. The number of H-pyrrole nitrogens is 1. The van der Waals surface area contributed by atoms with E-state index in [0.717, 1.165) is 0 Å². The van der Waals surface area contributed by atoms with Gasteiger partial charge in [-0.05, 0) is 24.6 Å². The molecule has 0 atom stereocenters. The summed E-state index contributed by atoms with van der Waals surface area (Å²) >= 11 is 0. The second-order valence-corrected chi connectivity index (χ2v) is 5.91. The quantitative estimate of drug-likeness (QED) is 0.648. The molecule has 0 aliphatic rings. The number of carbonyl (C=O) groups is 1. The van der Waals surface area contributed by atoms with Gasteiger partial charge >= 0.3 is 0 Å². The maximum atomic E-state index is 12.1. The maximum Gasteiger partial charge on any atom is 0.278 e. The number of amides is 1. The zero-order chi connectivity index (χ0) is 15.6.